The van der Waals surface area contributed by atoms with E-state index in [1.54, 1.807) is 6.08 Å². The first-order chi connectivity index (χ1) is 6.85. The van der Waals surface area contributed by atoms with Crippen LogP contribution in [0, 0.1) is 11.3 Å². The first kappa shape index (κ1) is 8.46. The van der Waals surface area contributed by atoms with Gasteiger partial charge in [-0.05, 0) is 18.2 Å². The van der Waals surface area contributed by atoms with Crippen molar-refractivity contribution in [1.82, 2.24) is 4.98 Å². The second-order valence-corrected chi connectivity index (χ2v) is 2.93. The van der Waals surface area contributed by atoms with Gasteiger partial charge in [0.2, 0.25) is 0 Å². The molecule has 0 amide bonds. The van der Waals surface area contributed by atoms with Gasteiger partial charge in [0.15, 0.2) is 0 Å². The summed E-state index contributed by atoms with van der Waals surface area (Å²) in [6.07, 6.45) is 1.60. The maximum absolute atomic E-state index is 8.87. The summed E-state index contributed by atoms with van der Waals surface area (Å²) in [6.45, 7) is 3.63. The van der Waals surface area contributed by atoms with Crippen molar-refractivity contribution in [3.63, 3.8) is 0 Å². The zero-order chi connectivity index (χ0) is 9.97. The molecule has 0 atom stereocenters. The number of rotatable bonds is 1. The van der Waals surface area contributed by atoms with Crippen LogP contribution in [0.1, 0.15) is 11.3 Å². The molecule has 0 spiro atoms. The number of benzene rings is 1. The third kappa shape index (κ3) is 1.25. The predicted octanol–water partition coefficient (Wildman–Crippen LogP) is 2.75. The average molecular weight is 180 g/mol. The van der Waals surface area contributed by atoms with Crippen LogP contribution in [0.3, 0.4) is 0 Å². The van der Waals surface area contributed by atoms with Crippen molar-refractivity contribution in [3.8, 4) is 6.07 Å². The molecule has 0 N–H and O–H groups in total. The fraction of sp³-hybridized carbons (Fsp3) is 0. The number of aromatic nitrogens is 1. The third-order valence-electron chi connectivity index (χ3n) is 2.07. The van der Waals surface area contributed by atoms with Gasteiger partial charge in [-0.25, -0.2) is 4.98 Å². The van der Waals surface area contributed by atoms with Gasteiger partial charge < -0.3 is 0 Å². The fourth-order valence-electron chi connectivity index (χ4n) is 1.38. The molecule has 0 saturated carbocycles. The van der Waals surface area contributed by atoms with E-state index in [2.05, 4.69) is 17.6 Å². The minimum Gasteiger partial charge on any atom is -0.247 e. The Labute approximate surface area is 82.1 Å². The van der Waals surface area contributed by atoms with E-state index >= 15 is 0 Å². The predicted molar refractivity (Wildman–Crippen MR) is 56.5 cm³/mol. The summed E-state index contributed by atoms with van der Waals surface area (Å²) in [6, 6.07) is 11.7. The monoisotopic (exact) mass is 180 g/mol. The minimum absolute atomic E-state index is 0.568. The summed E-state index contributed by atoms with van der Waals surface area (Å²) in [7, 11) is 0. The molecule has 2 aromatic rings. The van der Waals surface area contributed by atoms with E-state index in [-0.39, 0.29) is 0 Å². The van der Waals surface area contributed by atoms with Crippen LogP contribution in [0.15, 0.2) is 36.9 Å². The van der Waals surface area contributed by atoms with E-state index in [0.717, 1.165) is 10.9 Å². The van der Waals surface area contributed by atoms with Gasteiger partial charge in [-0.1, -0.05) is 24.8 Å². The zero-order valence-electron chi connectivity index (χ0n) is 7.57. The lowest BCUT2D eigenvalue weighted by Gasteiger charge is -2.00. The lowest BCUT2D eigenvalue weighted by molar-refractivity contribution is 1.34. The van der Waals surface area contributed by atoms with Crippen LogP contribution in [0.2, 0.25) is 0 Å². The molecule has 66 valence electrons. The summed E-state index contributed by atoms with van der Waals surface area (Å²) in [4.78, 5) is 4.32. The highest BCUT2D eigenvalue weighted by Crippen LogP contribution is 2.16. The van der Waals surface area contributed by atoms with Crippen molar-refractivity contribution in [2.75, 3.05) is 0 Å². The molecular weight excluding hydrogens is 172 g/mol. The lowest BCUT2D eigenvalue weighted by atomic mass is 10.1. The van der Waals surface area contributed by atoms with Crippen molar-refractivity contribution in [3.05, 3.63) is 48.2 Å². The van der Waals surface area contributed by atoms with E-state index in [4.69, 9.17) is 5.26 Å². The molecule has 1 heterocycles. The zero-order valence-corrected chi connectivity index (χ0v) is 7.57. The SMILES string of the molecule is C=Cc1nc2ccccc2cc1C#N. The summed E-state index contributed by atoms with van der Waals surface area (Å²) in [5.41, 5.74) is 2.10. The van der Waals surface area contributed by atoms with Gasteiger partial charge in [-0.2, -0.15) is 5.26 Å². The fourth-order valence-corrected chi connectivity index (χ4v) is 1.38. The molecule has 1 aromatic heterocycles. The van der Waals surface area contributed by atoms with Gasteiger partial charge >= 0.3 is 0 Å². The Morgan fingerprint density at radius 1 is 1.36 bits per heavy atom. The van der Waals surface area contributed by atoms with Crippen molar-refractivity contribution in [2.24, 2.45) is 0 Å². The highest BCUT2D eigenvalue weighted by atomic mass is 14.7. The normalized spacial score (nSPS) is 9.64. The molecule has 0 aliphatic carbocycles. The Bertz CT molecular complexity index is 536. The van der Waals surface area contributed by atoms with Gasteiger partial charge in [-0.15, -0.1) is 0 Å². The molecule has 0 unspecified atom stereocenters. The van der Waals surface area contributed by atoms with Gasteiger partial charge in [0.25, 0.3) is 0 Å². The van der Waals surface area contributed by atoms with Crippen molar-refractivity contribution < 1.29 is 0 Å². The Kier molecular flexibility index (Phi) is 2.00. The molecule has 14 heavy (non-hydrogen) atoms. The smallest absolute Gasteiger partial charge is 0.101 e. The number of pyridine rings is 1. The molecule has 0 radical (unpaired) electrons. The molecule has 2 heteroatoms. The number of hydrogen-bond acceptors (Lipinski definition) is 2. The van der Waals surface area contributed by atoms with Crippen molar-refractivity contribution in [2.45, 2.75) is 0 Å². The van der Waals surface area contributed by atoms with Crippen molar-refractivity contribution in [1.29, 1.82) is 5.26 Å². The summed E-state index contributed by atoms with van der Waals surface area (Å²) >= 11 is 0. The van der Waals surface area contributed by atoms with Crippen LogP contribution < -0.4 is 0 Å². The highest BCUT2D eigenvalue weighted by Gasteiger charge is 2.02. The molecule has 2 nitrogen and oxygen atoms in total. The molecule has 0 bridgehead atoms. The van der Waals surface area contributed by atoms with E-state index in [0.29, 0.717) is 11.3 Å². The first-order valence-electron chi connectivity index (χ1n) is 4.27. The van der Waals surface area contributed by atoms with Crippen LogP contribution in [0.25, 0.3) is 17.0 Å². The Morgan fingerprint density at radius 2 is 2.14 bits per heavy atom. The van der Waals surface area contributed by atoms with Crippen molar-refractivity contribution >= 4 is 17.0 Å². The summed E-state index contributed by atoms with van der Waals surface area (Å²) < 4.78 is 0. The first-order valence-corrected chi connectivity index (χ1v) is 4.27. The maximum Gasteiger partial charge on any atom is 0.101 e. The maximum atomic E-state index is 8.87. The second kappa shape index (κ2) is 3.31. The van der Waals surface area contributed by atoms with Gasteiger partial charge in [-0.3, -0.25) is 0 Å². The van der Waals surface area contributed by atoms with Gasteiger partial charge in [0.1, 0.15) is 6.07 Å². The Balaban J connectivity index is 2.83. The van der Waals surface area contributed by atoms with E-state index in [1.807, 2.05) is 30.3 Å². The van der Waals surface area contributed by atoms with Crippen LogP contribution in [0.5, 0.6) is 0 Å². The highest BCUT2D eigenvalue weighted by molar-refractivity contribution is 5.81. The van der Waals surface area contributed by atoms with Gasteiger partial charge in [0.05, 0.1) is 16.8 Å². The topological polar surface area (TPSA) is 36.7 Å². The lowest BCUT2D eigenvalue weighted by Crippen LogP contribution is -1.88. The summed E-state index contributed by atoms with van der Waals surface area (Å²) in [5.74, 6) is 0. The molecule has 2 rings (SSSR count). The molecular formula is C12H8N2. The summed E-state index contributed by atoms with van der Waals surface area (Å²) in [5, 5.41) is 9.85. The van der Waals surface area contributed by atoms with Crippen LogP contribution in [-0.2, 0) is 0 Å². The van der Waals surface area contributed by atoms with Crippen LogP contribution >= 0.6 is 0 Å². The number of para-hydroxylation sites is 1. The molecule has 0 saturated heterocycles. The van der Waals surface area contributed by atoms with Crippen LogP contribution in [-0.4, -0.2) is 4.98 Å². The van der Waals surface area contributed by atoms with E-state index < -0.39 is 0 Å². The van der Waals surface area contributed by atoms with Crippen LogP contribution in [0.4, 0.5) is 0 Å². The van der Waals surface area contributed by atoms with Gasteiger partial charge in [0, 0.05) is 5.39 Å². The molecule has 0 aliphatic heterocycles. The number of hydrogen-bond donors (Lipinski definition) is 0. The number of nitrogens with zero attached hydrogens (tertiary/aromatic N) is 2. The third-order valence-corrected chi connectivity index (χ3v) is 2.07. The molecule has 1 aromatic carbocycles. The average Bonchev–Trinajstić information content (AvgIpc) is 2.27. The Morgan fingerprint density at radius 3 is 2.86 bits per heavy atom. The largest absolute Gasteiger partial charge is 0.247 e. The minimum atomic E-state index is 0.568. The molecule has 0 aliphatic rings. The van der Waals surface area contributed by atoms with E-state index in [1.165, 1.54) is 0 Å². The second-order valence-electron chi connectivity index (χ2n) is 2.93. The molecule has 0 fully saturated rings. The quantitative estimate of drug-likeness (QED) is 0.676. The standard InChI is InChI=1S/C12H8N2/c1-2-11-10(8-13)7-9-5-3-4-6-12(9)14-11/h2-7H,1H2. The van der Waals surface area contributed by atoms with E-state index in [9.17, 15) is 0 Å². The number of fused-ring (bicyclic) bond motifs is 1. The number of nitriles is 1. The Hall–Kier alpha value is -2.14.